The Bertz CT molecular complexity index is 549. The molecule has 1 aromatic rings. The Hall–Kier alpha value is -1.11. The highest BCUT2D eigenvalue weighted by Gasteiger charge is 2.31. The summed E-state index contributed by atoms with van der Waals surface area (Å²) in [5, 5.41) is 5.98. The van der Waals surface area contributed by atoms with Crippen LogP contribution in [0.2, 0.25) is 0 Å². The third kappa shape index (κ3) is 2.21. The maximum Gasteiger partial charge on any atom is 0.246 e. The number of fused-ring (bicyclic) bond motifs is 1. The summed E-state index contributed by atoms with van der Waals surface area (Å²) < 4.78 is 6.50. The number of halogens is 1. The van der Waals surface area contributed by atoms with E-state index >= 15 is 0 Å². The van der Waals surface area contributed by atoms with Gasteiger partial charge in [0, 0.05) is 28.3 Å². The minimum Gasteiger partial charge on any atom is -0.377 e. The van der Waals surface area contributed by atoms with Gasteiger partial charge in [-0.1, -0.05) is 0 Å². The molecule has 1 fully saturated rings. The van der Waals surface area contributed by atoms with Gasteiger partial charge in [0.1, 0.15) is 6.04 Å². The zero-order valence-corrected chi connectivity index (χ0v) is 13.2. The summed E-state index contributed by atoms with van der Waals surface area (Å²) >= 11 is 3.64. The van der Waals surface area contributed by atoms with Gasteiger partial charge in [-0.05, 0) is 42.0 Å². The molecule has 0 spiro atoms. The van der Waals surface area contributed by atoms with Crippen LogP contribution in [0.25, 0.3) is 0 Å². The number of rotatable bonds is 2. The van der Waals surface area contributed by atoms with Crippen LogP contribution in [0.3, 0.4) is 0 Å². The van der Waals surface area contributed by atoms with E-state index < -0.39 is 0 Å². The zero-order valence-electron chi connectivity index (χ0n) is 11.6. The van der Waals surface area contributed by atoms with Crippen LogP contribution < -0.4 is 15.5 Å². The first kappa shape index (κ1) is 13.9. The number of ether oxygens (including phenoxy) is 1. The van der Waals surface area contributed by atoms with Crippen molar-refractivity contribution in [1.82, 2.24) is 5.32 Å². The topological polar surface area (TPSA) is 53.6 Å². The number of benzene rings is 1. The van der Waals surface area contributed by atoms with Crippen molar-refractivity contribution in [2.75, 3.05) is 37.0 Å². The number of nitrogens with one attached hydrogen (secondary N) is 2. The number of morpholine rings is 1. The van der Waals surface area contributed by atoms with Crippen molar-refractivity contribution < 1.29 is 9.53 Å². The van der Waals surface area contributed by atoms with E-state index in [0.717, 1.165) is 41.2 Å². The molecule has 2 heterocycles. The van der Waals surface area contributed by atoms with Gasteiger partial charge < -0.3 is 20.3 Å². The fourth-order valence-electron chi connectivity index (χ4n) is 2.86. The lowest BCUT2D eigenvalue weighted by Crippen LogP contribution is -2.43. The largest absolute Gasteiger partial charge is 0.377 e. The van der Waals surface area contributed by atoms with E-state index in [0.29, 0.717) is 6.04 Å². The lowest BCUT2D eigenvalue weighted by Gasteiger charge is -2.36. The summed E-state index contributed by atoms with van der Waals surface area (Å²) in [6.45, 7) is 4.48. The first-order valence-corrected chi connectivity index (χ1v) is 7.57. The van der Waals surface area contributed by atoms with Crippen molar-refractivity contribution in [3.8, 4) is 0 Å². The van der Waals surface area contributed by atoms with Crippen LogP contribution in [-0.2, 0) is 9.53 Å². The van der Waals surface area contributed by atoms with Gasteiger partial charge in [0.25, 0.3) is 0 Å². The van der Waals surface area contributed by atoms with E-state index in [4.69, 9.17) is 4.74 Å². The summed E-state index contributed by atoms with van der Waals surface area (Å²) in [4.78, 5) is 14.2. The Kier molecular flexibility index (Phi) is 3.70. The lowest BCUT2D eigenvalue weighted by atomic mass is 10.1. The van der Waals surface area contributed by atoms with E-state index in [2.05, 4.69) is 44.5 Å². The number of nitrogens with zero attached hydrogens (tertiary/aromatic N) is 1. The van der Waals surface area contributed by atoms with E-state index in [1.54, 1.807) is 7.05 Å². The summed E-state index contributed by atoms with van der Waals surface area (Å²) in [6.07, 6.45) is 0. The predicted molar refractivity (Wildman–Crippen MR) is 82.2 cm³/mol. The molecule has 0 bridgehead atoms. The maximum atomic E-state index is 11.9. The molecular weight excluding hydrogens is 322 g/mol. The van der Waals surface area contributed by atoms with Gasteiger partial charge in [0.05, 0.1) is 18.9 Å². The molecule has 0 aromatic heterocycles. The molecule has 5 nitrogen and oxygen atoms in total. The third-order valence-corrected chi connectivity index (χ3v) is 4.55. The SMILES string of the molecule is CNC1C(=O)Nc2cc(N3CCOCC3C)c(Br)cc21. The van der Waals surface area contributed by atoms with E-state index in [1.807, 2.05) is 6.07 Å². The molecule has 0 radical (unpaired) electrons. The standard InChI is InChI=1S/C14H18BrN3O2/c1-8-7-20-4-3-18(8)12-6-11-9(5-10(12)15)13(16-2)14(19)17-11/h5-6,8,13,16H,3-4,7H2,1-2H3,(H,17,19). The van der Waals surface area contributed by atoms with E-state index in [9.17, 15) is 4.79 Å². The van der Waals surface area contributed by atoms with Crippen molar-refractivity contribution in [3.63, 3.8) is 0 Å². The van der Waals surface area contributed by atoms with Gasteiger partial charge in [0.15, 0.2) is 0 Å². The van der Waals surface area contributed by atoms with Gasteiger partial charge in [-0.15, -0.1) is 0 Å². The van der Waals surface area contributed by atoms with Gasteiger partial charge >= 0.3 is 0 Å². The minimum absolute atomic E-state index is 0.00146. The van der Waals surface area contributed by atoms with Gasteiger partial charge in [-0.2, -0.15) is 0 Å². The van der Waals surface area contributed by atoms with Crippen LogP contribution in [0.1, 0.15) is 18.5 Å². The number of carbonyl (C=O) groups is 1. The van der Waals surface area contributed by atoms with Gasteiger partial charge in [0.2, 0.25) is 5.91 Å². The van der Waals surface area contributed by atoms with Gasteiger partial charge in [-0.25, -0.2) is 0 Å². The Morgan fingerprint density at radius 1 is 1.50 bits per heavy atom. The Morgan fingerprint density at radius 3 is 3.00 bits per heavy atom. The molecule has 20 heavy (non-hydrogen) atoms. The van der Waals surface area contributed by atoms with Crippen LogP contribution in [0.5, 0.6) is 0 Å². The minimum atomic E-state index is -0.266. The molecule has 2 N–H and O–H groups in total. The molecule has 0 saturated carbocycles. The highest BCUT2D eigenvalue weighted by atomic mass is 79.9. The number of hydrogen-bond donors (Lipinski definition) is 2. The van der Waals surface area contributed by atoms with Crippen LogP contribution in [0.15, 0.2) is 16.6 Å². The van der Waals surface area contributed by atoms with E-state index in [-0.39, 0.29) is 11.9 Å². The summed E-state index contributed by atoms with van der Waals surface area (Å²) in [7, 11) is 1.80. The van der Waals surface area contributed by atoms with E-state index in [1.165, 1.54) is 0 Å². The van der Waals surface area contributed by atoms with Crippen molar-refractivity contribution >= 4 is 33.2 Å². The molecule has 1 saturated heterocycles. The molecule has 2 unspecified atom stereocenters. The molecule has 3 rings (SSSR count). The molecule has 2 atom stereocenters. The highest BCUT2D eigenvalue weighted by Crippen LogP contribution is 2.39. The fourth-order valence-corrected chi connectivity index (χ4v) is 3.45. The molecule has 6 heteroatoms. The van der Waals surface area contributed by atoms with Crippen molar-refractivity contribution in [3.05, 3.63) is 22.2 Å². The second-order valence-corrected chi connectivity index (χ2v) is 6.07. The molecular formula is C14H18BrN3O2. The van der Waals surface area contributed by atoms with Crippen LogP contribution in [-0.4, -0.2) is 38.8 Å². The van der Waals surface area contributed by atoms with Crippen molar-refractivity contribution in [2.24, 2.45) is 0 Å². The molecule has 1 aromatic carbocycles. The molecule has 2 aliphatic heterocycles. The van der Waals surface area contributed by atoms with Crippen LogP contribution >= 0.6 is 15.9 Å². The van der Waals surface area contributed by atoms with Crippen LogP contribution in [0.4, 0.5) is 11.4 Å². The smallest absolute Gasteiger partial charge is 0.246 e. The Labute approximate surface area is 126 Å². The Morgan fingerprint density at radius 2 is 2.30 bits per heavy atom. The summed E-state index contributed by atoms with van der Waals surface area (Å²) in [6, 6.07) is 4.15. The second-order valence-electron chi connectivity index (χ2n) is 5.22. The third-order valence-electron chi connectivity index (χ3n) is 3.92. The number of amides is 1. The Balaban J connectivity index is 1.99. The number of anilines is 2. The van der Waals surface area contributed by atoms with Crippen molar-refractivity contribution in [1.29, 1.82) is 0 Å². The predicted octanol–water partition coefficient (Wildman–Crippen LogP) is 1.89. The lowest BCUT2D eigenvalue weighted by molar-refractivity contribution is -0.117. The fraction of sp³-hybridized carbons (Fsp3) is 0.500. The average molecular weight is 340 g/mol. The molecule has 2 aliphatic rings. The highest BCUT2D eigenvalue weighted by molar-refractivity contribution is 9.10. The molecule has 108 valence electrons. The normalized spacial score (nSPS) is 25.6. The maximum absolute atomic E-state index is 11.9. The zero-order chi connectivity index (χ0) is 14.3. The summed E-state index contributed by atoms with van der Waals surface area (Å²) in [5.74, 6) is 0.00146. The quantitative estimate of drug-likeness (QED) is 0.863. The summed E-state index contributed by atoms with van der Waals surface area (Å²) in [5.41, 5.74) is 3.00. The number of carbonyl (C=O) groups excluding carboxylic acids is 1. The van der Waals surface area contributed by atoms with Gasteiger partial charge in [-0.3, -0.25) is 4.79 Å². The molecule has 1 amide bonds. The number of likely N-dealkylation sites (N-methyl/N-ethyl adjacent to an activating group) is 1. The van der Waals surface area contributed by atoms with Crippen molar-refractivity contribution in [2.45, 2.75) is 19.0 Å². The van der Waals surface area contributed by atoms with Crippen LogP contribution in [0, 0.1) is 0 Å². The first-order chi connectivity index (χ1) is 9.61. The average Bonchev–Trinajstić information content (AvgIpc) is 2.73. The monoisotopic (exact) mass is 339 g/mol. The molecule has 0 aliphatic carbocycles. The first-order valence-electron chi connectivity index (χ1n) is 6.77. The second kappa shape index (κ2) is 5.35. The number of hydrogen-bond acceptors (Lipinski definition) is 4.